The Morgan fingerprint density at radius 2 is 2.12 bits per heavy atom. The van der Waals surface area contributed by atoms with Gasteiger partial charge < -0.3 is 5.73 Å². The van der Waals surface area contributed by atoms with Gasteiger partial charge in [0.05, 0.1) is 11.9 Å². The Bertz CT molecular complexity index is 990. The van der Waals surface area contributed by atoms with E-state index >= 15 is 0 Å². The molecule has 0 aliphatic heterocycles. The zero-order chi connectivity index (χ0) is 18.3. The predicted molar refractivity (Wildman–Crippen MR) is 100.0 cm³/mol. The second-order valence-electron chi connectivity index (χ2n) is 6.58. The van der Waals surface area contributed by atoms with Gasteiger partial charge in [-0.05, 0) is 24.5 Å². The van der Waals surface area contributed by atoms with E-state index in [1.165, 1.54) is 11.3 Å². The van der Waals surface area contributed by atoms with Crippen LogP contribution in [-0.2, 0) is 6.42 Å². The third kappa shape index (κ3) is 3.29. The standard InChI is InChI=1S/C18H17F2N5S/c1-22-7-12-3-11(8-23-16(12)21)15-9-24-17-14(25-15)4-13(26-17)2-10-5-18(19,20)6-10/h3-4,7-10H,2,5-6H2,1H3,(H2,21,23). The first-order valence-corrected chi connectivity index (χ1v) is 9.06. The van der Waals surface area contributed by atoms with Crippen LogP contribution in [0, 0.1) is 5.92 Å². The molecular weight excluding hydrogens is 356 g/mol. The van der Waals surface area contributed by atoms with Crippen molar-refractivity contribution in [2.24, 2.45) is 10.9 Å². The Kier molecular flexibility index (Phi) is 4.14. The molecule has 3 heterocycles. The monoisotopic (exact) mass is 373 g/mol. The number of fused-ring (bicyclic) bond motifs is 1. The zero-order valence-corrected chi connectivity index (χ0v) is 14.9. The van der Waals surface area contributed by atoms with Crippen LogP contribution in [0.2, 0.25) is 0 Å². The van der Waals surface area contributed by atoms with E-state index in [1.54, 1.807) is 25.7 Å². The number of thiophene rings is 1. The molecule has 1 saturated carbocycles. The Hall–Kier alpha value is -2.48. The number of aromatic nitrogens is 3. The number of hydrogen-bond acceptors (Lipinski definition) is 6. The van der Waals surface area contributed by atoms with Gasteiger partial charge >= 0.3 is 0 Å². The van der Waals surface area contributed by atoms with E-state index < -0.39 is 5.92 Å². The molecule has 4 rings (SSSR count). The molecule has 5 nitrogen and oxygen atoms in total. The normalized spacial score (nSPS) is 17.0. The largest absolute Gasteiger partial charge is 0.383 e. The summed E-state index contributed by atoms with van der Waals surface area (Å²) in [6, 6.07) is 3.82. The summed E-state index contributed by atoms with van der Waals surface area (Å²) in [6.07, 6.45) is 5.61. The Morgan fingerprint density at radius 3 is 2.85 bits per heavy atom. The number of halogens is 2. The molecule has 3 aromatic heterocycles. The first-order chi connectivity index (χ1) is 12.4. The molecule has 1 fully saturated rings. The number of hydrogen-bond donors (Lipinski definition) is 1. The van der Waals surface area contributed by atoms with Gasteiger partial charge in [0.25, 0.3) is 0 Å². The lowest BCUT2D eigenvalue weighted by molar-refractivity contribution is -0.109. The Balaban J connectivity index is 1.61. The van der Waals surface area contributed by atoms with Gasteiger partial charge in [-0.2, -0.15) is 0 Å². The lowest BCUT2D eigenvalue weighted by atomic mass is 9.79. The maximum Gasteiger partial charge on any atom is 0.248 e. The van der Waals surface area contributed by atoms with Crippen LogP contribution in [0.5, 0.6) is 0 Å². The number of nitrogens with two attached hydrogens (primary N) is 1. The fourth-order valence-corrected chi connectivity index (χ4v) is 4.25. The summed E-state index contributed by atoms with van der Waals surface area (Å²) in [5.41, 5.74) is 8.83. The van der Waals surface area contributed by atoms with Crippen LogP contribution in [0.4, 0.5) is 14.6 Å². The summed E-state index contributed by atoms with van der Waals surface area (Å²) in [6.45, 7) is 0. The quantitative estimate of drug-likeness (QED) is 0.702. The van der Waals surface area contributed by atoms with E-state index in [0.29, 0.717) is 17.9 Å². The molecular formula is C18H17F2N5S. The Morgan fingerprint density at radius 1 is 1.31 bits per heavy atom. The second-order valence-corrected chi connectivity index (χ2v) is 7.69. The van der Waals surface area contributed by atoms with Crippen LogP contribution in [0.25, 0.3) is 21.6 Å². The molecule has 0 saturated heterocycles. The van der Waals surface area contributed by atoms with E-state index in [4.69, 9.17) is 5.73 Å². The van der Waals surface area contributed by atoms with Gasteiger partial charge in [0.2, 0.25) is 5.92 Å². The molecule has 8 heteroatoms. The summed E-state index contributed by atoms with van der Waals surface area (Å²) in [5.74, 6) is -2.02. The highest BCUT2D eigenvalue weighted by molar-refractivity contribution is 7.18. The number of anilines is 1. The van der Waals surface area contributed by atoms with Crippen molar-refractivity contribution < 1.29 is 8.78 Å². The first kappa shape index (κ1) is 17.0. The maximum atomic E-state index is 13.0. The van der Waals surface area contributed by atoms with Crippen molar-refractivity contribution in [2.45, 2.75) is 25.2 Å². The fourth-order valence-electron chi connectivity index (χ4n) is 3.20. The van der Waals surface area contributed by atoms with Gasteiger partial charge in [-0.3, -0.25) is 4.99 Å². The number of alkyl halides is 2. The van der Waals surface area contributed by atoms with Crippen molar-refractivity contribution in [1.82, 2.24) is 15.0 Å². The molecule has 0 aromatic carbocycles. The number of pyridine rings is 1. The zero-order valence-electron chi connectivity index (χ0n) is 14.1. The molecule has 0 bridgehead atoms. The smallest absolute Gasteiger partial charge is 0.248 e. The number of rotatable bonds is 4. The van der Waals surface area contributed by atoms with Crippen molar-refractivity contribution in [2.75, 3.05) is 12.8 Å². The average molecular weight is 373 g/mol. The molecule has 26 heavy (non-hydrogen) atoms. The van der Waals surface area contributed by atoms with Gasteiger partial charge in [-0.1, -0.05) is 0 Å². The summed E-state index contributed by atoms with van der Waals surface area (Å²) >= 11 is 1.52. The van der Waals surface area contributed by atoms with E-state index in [9.17, 15) is 8.78 Å². The van der Waals surface area contributed by atoms with Crippen molar-refractivity contribution >= 4 is 33.7 Å². The summed E-state index contributed by atoms with van der Waals surface area (Å²) in [4.78, 5) is 19.1. The minimum absolute atomic E-state index is 0.0216. The van der Waals surface area contributed by atoms with Gasteiger partial charge in [0.15, 0.2) is 0 Å². The topological polar surface area (TPSA) is 77.0 Å². The predicted octanol–water partition coefficient (Wildman–Crippen LogP) is 3.97. The number of aliphatic imine (C=N–C) groups is 1. The van der Waals surface area contributed by atoms with E-state index in [2.05, 4.69) is 19.9 Å². The highest BCUT2D eigenvalue weighted by Crippen LogP contribution is 2.44. The SMILES string of the molecule is CN=Cc1cc(-c2cnc3sc(CC4CC(F)(F)C4)cc3n2)cnc1N. The minimum Gasteiger partial charge on any atom is -0.383 e. The first-order valence-electron chi connectivity index (χ1n) is 8.25. The van der Waals surface area contributed by atoms with Crippen LogP contribution in [0.1, 0.15) is 23.3 Å². The number of nitrogen functional groups attached to an aromatic ring is 1. The van der Waals surface area contributed by atoms with Gasteiger partial charge in [-0.15, -0.1) is 11.3 Å². The summed E-state index contributed by atoms with van der Waals surface area (Å²) < 4.78 is 26.0. The molecule has 0 spiro atoms. The van der Waals surface area contributed by atoms with Crippen molar-refractivity contribution in [3.8, 4) is 11.3 Å². The lowest BCUT2D eigenvalue weighted by Gasteiger charge is -2.34. The molecule has 1 aliphatic rings. The molecule has 0 radical (unpaired) electrons. The molecule has 0 atom stereocenters. The van der Waals surface area contributed by atoms with E-state index in [-0.39, 0.29) is 18.8 Å². The molecule has 2 N–H and O–H groups in total. The third-order valence-corrected chi connectivity index (χ3v) is 5.52. The van der Waals surface area contributed by atoms with Crippen molar-refractivity contribution in [3.05, 3.63) is 35.0 Å². The van der Waals surface area contributed by atoms with Crippen LogP contribution in [0.15, 0.2) is 29.5 Å². The number of nitrogens with zero attached hydrogens (tertiary/aromatic N) is 4. The van der Waals surface area contributed by atoms with Gasteiger partial charge in [-0.25, -0.2) is 23.7 Å². The molecule has 3 aromatic rings. The van der Waals surface area contributed by atoms with E-state index in [0.717, 1.165) is 26.4 Å². The third-order valence-electron chi connectivity index (χ3n) is 4.47. The Labute approximate surface area is 153 Å². The highest BCUT2D eigenvalue weighted by Gasteiger charge is 2.45. The summed E-state index contributed by atoms with van der Waals surface area (Å²) in [5, 5.41) is 0. The molecule has 0 amide bonds. The van der Waals surface area contributed by atoms with Gasteiger partial charge in [0, 0.05) is 48.3 Å². The maximum absolute atomic E-state index is 13.0. The molecule has 0 unspecified atom stereocenters. The lowest BCUT2D eigenvalue weighted by Crippen LogP contribution is -2.36. The fraction of sp³-hybridized carbons (Fsp3) is 0.333. The van der Waals surface area contributed by atoms with Crippen molar-refractivity contribution in [1.29, 1.82) is 0 Å². The van der Waals surface area contributed by atoms with Crippen molar-refractivity contribution in [3.63, 3.8) is 0 Å². The van der Waals surface area contributed by atoms with Crippen LogP contribution >= 0.6 is 11.3 Å². The van der Waals surface area contributed by atoms with Crippen LogP contribution in [-0.4, -0.2) is 34.1 Å². The van der Waals surface area contributed by atoms with Gasteiger partial charge in [0.1, 0.15) is 16.2 Å². The second kappa shape index (κ2) is 6.35. The molecule has 134 valence electrons. The summed E-state index contributed by atoms with van der Waals surface area (Å²) in [7, 11) is 1.67. The van der Waals surface area contributed by atoms with Crippen LogP contribution < -0.4 is 5.73 Å². The minimum atomic E-state index is -2.48. The molecule has 1 aliphatic carbocycles. The average Bonchev–Trinajstić information content (AvgIpc) is 2.97. The highest BCUT2D eigenvalue weighted by atomic mass is 32.1. The van der Waals surface area contributed by atoms with Crippen LogP contribution in [0.3, 0.4) is 0 Å². The van der Waals surface area contributed by atoms with E-state index in [1.807, 2.05) is 12.1 Å².